The van der Waals surface area contributed by atoms with Gasteiger partial charge in [0.25, 0.3) is 0 Å². The maximum Gasteiger partial charge on any atom is 0.160 e. The van der Waals surface area contributed by atoms with Crippen molar-refractivity contribution in [2.24, 2.45) is 35.5 Å². The molecule has 4 heteroatoms. The number of hydrogen-bond donors (Lipinski definition) is 0. The van der Waals surface area contributed by atoms with Gasteiger partial charge in [0.15, 0.2) is 5.58 Å². The predicted octanol–water partition coefficient (Wildman–Crippen LogP) is 26.7. The quantitative estimate of drug-likeness (QED) is 0.152. The minimum atomic E-state index is -0.135. The van der Waals surface area contributed by atoms with E-state index in [1.165, 1.54) is 145 Å². The molecule has 4 saturated carbocycles. The Morgan fingerprint density at radius 1 is 0.310 bits per heavy atom. The van der Waals surface area contributed by atoms with Gasteiger partial charge in [-0.3, -0.25) is 0 Å². The van der Waals surface area contributed by atoms with Crippen molar-refractivity contribution in [3.8, 4) is 44.5 Å². The van der Waals surface area contributed by atoms with E-state index in [-0.39, 0.29) is 10.8 Å². The van der Waals surface area contributed by atoms with E-state index in [0.717, 1.165) is 94.9 Å². The van der Waals surface area contributed by atoms with Crippen LogP contribution < -0.4 is 9.80 Å². The summed E-state index contributed by atoms with van der Waals surface area (Å²) < 4.78 is 15.0. The zero-order valence-electron chi connectivity index (χ0n) is 56.4. The summed E-state index contributed by atoms with van der Waals surface area (Å²) in [4.78, 5) is 5.16. The first-order chi connectivity index (χ1) is 49.4. The lowest BCUT2D eigenvalue weighted by Crippen LogP contribution is -2.43. The van der Waals surface area contributed by atoms with E-state index in [1.54, 1.807) is 0 Å². The molecule has 2 aromatic heterocycles. The lowest BCUT2D eigenvalue weighted by Gasteiger charge is -2.47. The van der Waals surface area contributed by atoms with Crippen LogP contribution in [0.5, 0.6) is 0 Å². The van der Waals surface area contributed by atoms with Gasteiger partial charge in [-0.2, -0.15) is 0 Å². The van der Waals surface area contributed by atoms with Crippen LogP contribution in [0.2, 0.25) is 0 Å². The summed E-state index contributed by atoms with van der Waals surface area (Å²) in [6.45, 7) is 5.16. The summed E-state index contributed by atoms with van der Waals surface area (Å²) in [6.07, 6.45) is 10.2. The average Bonchev–Trinajstić information content (AvgIpc) is 1.53. The van der Waals surface area contributed by atoms with Gasteiger partial charge in [0.2, 0.25) is 0 Å². The van der Waals surface area contributed by atoms with Crippen molar-refractivity contribution in [3.63, 3.8) is 0 Å². The third-order valence-electron chi connectivity index (χ3n) is 26.0. The minimum Gasteiger partial charge on any atom is -0.456 e. The number of furan rings is 2. The lowest BCUT2D eigenvalue weighted by atomic mass is 9.56. The van der Waals surface area contributed by atoms with Crippen LogP contribution in [0.3, 0.4) is 0 Å². The third-order valence-corrected chi connectivity index (χ3v) is 26.0. The number of para-hydroxylation sites is 1. The van der Waals surface area contributed by atoms with E-state index in [0.29, 0.717) is 23.7 Å². The Balaban J connectivity index is 0.767. The molecule has 16 aromatic rings. The Morgan fingerprint density at radius 2 is 0.830 bits per heavy atom. The lowest BCUT2D eigenvalue weighted by molar-refractivity contribution is 0.162. The molecule has 0 N–H and O–H groups in total. The molecule has 2 heterocycles. The summed E-state index contributed by atoms with van der Waals surface area (Å²) in [5.74, 6) is 3.67. The summed E-state index contributed by atoms with van der Waals surface area (Å²) in [5, 5.41) is 11.3. The molecule has 0 amide bonds. The normalized spacial score (nSPS) is 22.3. The standard InChI is InChI=1S/C96H74N2O2/c1-57-47-59-37-42-69(49-59)95(57)78-30-17-34-84(90(78)74-45-40-66(53-80(74)95)61-19-5-3-6-20-61)97(82-32-15-25-63-23-9-11-27-72(63)82)71-44-39-65-52-77-88(55-68(65)51-71)99-89-56-86(94-93(92(77)89)76-29-13-14-36-87(76)100-94)98(83-33-16-26-64-24-10-12-28-73(64)83)85-35-18-31-79-91(85)75-46-41-67(62-21-7-4-8-22-62)54-81(75)96(79)58(2)48-60-38-43-70(96)50-60/h3-36,39-41,44-46,51-60,69-70H,37-38,42-43,47-50H2,1-2H3/t57-,58-,59-,60-,69-,70-,95?,96?/m0/s1. The highest BCUT2D eigenvalue weighted by Gasteiger charge is 2.59. The molecule has 4 bridgehead atoms. The first kappa shape index (κ1) is 57.0. The highest BCUT2D eigenvalue weighted by atomic mass is 16.3. The van der Waals surface area contributed by atoms with Crippen LogP contribution in [-0.4, -0.2) is 0 Å². The first-order valence-corrected chi connectivity index (χ1v) is 36.8. The molecule has 6 aliphatic rings. The van der Waals surface area contributed by atoms with Crippen LogP contribution in [-0.2, 0) is 10.8 Å². The summed E-state index contributed by atoms with van der Waals surface area (Å²) >= 11 is 0. The Labute approximate surface area is 582 Å². The number of nitrogens with zero attached hydrogens (tertiary/aromatic N) is 2. The molecule has 4 nitrogen and oxygen atoms in total. The van der Waals surface area contributed by atoms with Gasteiger partial charge in [0.1, 0.15) is 16.7 Å². The second kappa shape index (κ2) is 21.3. The molecular weight excluding hydrogens is 1210 g/mol. The summed E-state index contributed by atoms with van der Waals surface area (Å²) in [6, 6.07) is 106. The highest BCUT2D eigenvalue weighted by Crippen LogP contribution is 2.70. The molecule has 2 unspecified atom stereocenters. The molecule has 0 radical (unpaired) electrons. The van der Waals surface area contributed by atoms with Crippen LogP contribution in [0, 0.1) is 35.5 Å². The molecule has 8 atom stereocenters. The molecule has 0 aliphatic heterocycles. The largest absolute Gasteiger partial charge is 0.456 e. The highest BCUT2D eigenvalue weighted by molar-refractivity contribution is 6.30. The molecule has 0 saturated heterocycles. The van der Waals surface area contributed by atoms with E-state index < -0.39 is 0 Å². The van der Waals surface area contributed by atoms with Gasteiger partial charge in [-0.05, 0) is 218 Å². The maximum absolute atomic E-state index is 7.56. The van der Waals surface area contributed by atoms with E-state index >= 15 is 0 Å². The molecule has 22 rings (SSSR count). The van der Waals surface area contributed by atoms with Gasteiger partial charge in [0, 0.05) is 66.0 Å². The van der Waals surface area contributed by atoms with Crippen LogP contribution in [0.15, 0.2) is 288 Å². The Bertz CT molecular complexity index is 6110. The molecule has 4 fully saturated rings. The zero-order chi connectivity index (χ0) is 65.7. The van der Waals surface area contributed by atoms with Crippen molar-refractivity contribution in [1.29, 1.82) is 0 Å². The first-order valence-electron chi connectivity index (χ1n) is 36.8. The smallest absolute Gasteiger partial charge is 0.160 e. The molecular formula is C96H74N2O2. The number of hydrogen-bond acceptors (Lipinski definition) is 4. The van der Waals surface area contributed by atoms with Gasteiger partial charge in [-0.1, -0.05) is 233 Å². The molecule has 480 valence electrons. The van der Waals surface area contributed by atoms with Gasteiger partial charge in [0.05, 0.1) is 28.4 Å². The topological polar surface area (TPSA) is 32.8 Å². The van der Waals surface area contributed by atoms with Crippen molar-refractivity contribution in [2.45, 2.75) is 76.0 Å². The van der Waals surface area contributed by atoms with E-state index in [9.17, 15) is 0 Å². The molecule has 100 heavy (non-hydrogen) atoms. The van der Waals surface area contributed by atoms with E-state index in [1.807, 2.05) is 0 Å². The van der Waals surface area contributed by atoms with Crippen molar-refractivity contribution in [3.05, 3.63) is 301 Å². The van der Waals surface area contributed by atoms with Crippen LogP contribution >= 0.6 is 0 Å². The fourth-order valence-electron chi connectivity index (χ4n) is 22.1. The fraction of sp³-hybridized carbons (Fsp3) is 0.188. The van der Waals surface area contributed by atoms with Gasteiger partial charge < -0.3 is 18.6 Å². The molecule has 6 aliphatic carbocycles. The monoisotopic (exact) mass is 1290 g/mol. The van der Waals surface area contributed by atoms with Crippen molar-refractivity contribution in [2.75, 3.05) is 9.80 Å². The van der Waals surface area contributed by atoms with Crippen LogP contribution in [0.4, 0.5) is 34.1 Å². The Hall–Kier alpha value is -10.9. The maximum atomic E-state index is 7.56. The second-order valence-electron chi connectivity index (χ2n) is 30.6. The summed E-state index contributed by atoms with van der Waals surface area (Å²) in [5.41, 5.74) is 26.3. The average molecular weight is 1290 g/mol. The van der Waals surface area contributed by atoms with Crippen molar-refractivity contribution in [1.82, 2.24) is 0 Å². The Kier molecular flexibility index (Phi) is 12.1. The predicted molar refractivity (Wildman–Crippen MR) is 415 cm³/mol. The van der Waals surface area contributed by atoms with Crippen molar-refractivity contribution >= 4 is 110 Å². The number of anilines is 6. The fourth-order valence-corrected chi connectivity index (χ4v) is 22.1. The molecule has 2 spiro atoms. The minimum absolute atomic E-state index is 0.0907. The van der Waals surface area contributed by atoms with Crippen LogP contribution in [0.1, 0.15) is 87.5 Å². The number of rotatable bonds is 8. The zero-order valence-corrected chi connectivity index (χ0v) is 56.4. The van der Waals surface area contributed by atoms with Crippen LogP contribution in [0.25, 0.3) is 121 Å². The third kappa shape index (κ3) is 7.82. The van der Waals surface area contributed by atoms with Gasteiger partial charge in [-0.15, -0.1) is 0 Å². The van der Waals surface area contributed by atoms with E-state index in [2.05, 4.69) is 303 Å². The van der Waals surface area contributed by atoms with E-state index in [4.69, 9.17) is 8.83 Å². The van der Waals surface area contributed by atoms with Gasteiger partial charge in [-0.25, -0.2) is 0 Å². The number of fused-ring (bicyclic) bond motifs is 26. The van der Waals surface area contributed by atoms with Gasteiger partial charge >= 0.3 is 0 Å². The Morgan fingerprint density at radius 3 is 1.44 bits per heavy atom. The molecule has 14 aromatic carbocycles. The SMILES string of the molecule is C[C@H]1C[C@@H]2CC[C@@H](C2)C12c1cc(-c3ccccc3)ccc1-c1c(N(c3ccc4cc5c(cc4c3)oc3cc(N(c4cccc6c4-c4ccc(-c7ccccc7)cc4C64[C@H]6CC[C@H](C6)C[C@@H]4C)c4cccc6ccccc46)c4oc6ccccc6c4c35)c3cccc4ccccc34)cccc12. The number of benzene rings is 14. The summed E-state index contributed by atoms with van der Waals surface area (Å²) in [7, 11) is 0. The van der Waals surface area contributed by atoms with Crippen molar-refractivity contribution < 1.29 is 8.83 Å². The second-order valence-corrected chi connectivity index (χ2v) is 30.6.